The number of rotatable bonds is 5. The lowest BCUT2D eigenvalue weighted by atomic mass is 10.3. The number of aryl methyl sites for hydroxylation is 1. The van der Waals surface area contributed by atoms with Gasteiger partial charge in [-0.3, -0.25) is 9.36 Å². The Bertz CT molecular complexity index is 673. The highest BCUT2D eigenvalue weighted by molar-refractivity contribution is 6.32. The first-order chi connectivity index (χ1) is 9.02. The van der Waals surface area contributed by atoms with Crippen LogP contribution >= 0.6 is 11.6 Å². The molecule has 19 heavy (non-hydrogen) atoms. The Morgan fingerprint density at radius 2 is 2.26 bits per heavy atom. The molecular formula is C12H12ClNO5. The molecule has 0 bridgehead atoms. The molecule has 1 aromatic carbocycles. The van der Waals surface area contributed by atoms with Gasteiger partial charge in [-0.15, -0.1) is 0 Å². The number of hydrogen-bond donors (Lipinski definition) is 1. The molecule has 0 saturated heterocycles. The summed E-state index contributed by atoms with van der Waals surface area (Å²) in [6.45, 7) is 2.29. The standard InChI is InChI=1S/C12H12ClNO5/c1-2-18-9-6-10-8(5-7(9)13)14(12(17)19-10)4-3-11(15)16/h5-6H,2-4H2,1H3,(H,15,16). The quantitative estimate of drug-likeness (QED) is 0.910. The molecule has 7 heteroatoms. The van der Waals surface area contributed by atoms with E-state index in [1.807, 2.05) is 6.92 Å². The van der Waals surface area contributed by atoms with Crippen LogP contribution in [0.1, 0.15) is 13.3 Å². The number of benzene rings is 1. The molecule has 102 valence electrons. The average molecular weight is 286 g/mol. The van der Waals surface area contributed by atoms with Crippen LogP contribution in [0.5, 0.6) is 5.75 Å². The molecule has 0 aliphatic heterocycles. The zero-order chi connectivity index (χ0) is 14.0. The molecule has 0 aliphatic carbocycles. The third-order valence-corrected chi connectivity index (χ3v) is 2.87. The summed E-state index contributed by atoms with van der Waals surface area (Å²) in [4.78, 5) is 22.2. The number of carbonyl (C=O) groups is 1. The van der Waals surface area contributed by atoms with Gasteiger partial charge < -0.3 is 14.3 Å². The first kappa shape index (κ1) is 13.5. The summed E-state index contributed by atoms with van der Waals surface area (Å²) in [5.41, 5.74) is 0.781. The van der Waals surface area contributed by atoms with Crippen molar-refractivity contribution in [1.82, 2.24) is 4.57 Å². The molecule has 1 N–H and O–H groups in total. The summed E-state index contributed by atoms with van der Waals surface area (Å²) in [5.74, 6) is -1.17. The van der Waals surface area contributed by atoms with Crippen LogP contribution in [0.25, 0.3) is 11.1 Å². The van der Waals surface area contributed by atoms with Crippen molar-refractivity contribution in [2.75, 3.05) is 6.61 Å². The van der Waals surface area contributed by atoms with E-state index in [4.69, 9.17) is 25.9 Å². The Kier molecular flexibility index (Phi) is 3.80. The van der Waals surface area contributed by atoms with E-state index in [2.05, 4.69) is 0 Å². The summed E-state index contributed by atoms with van der Waals surface area (Å²) in [6, 6.07) is 3.06. The van der Waals surface area contributed by atoms with Crippen molar-refractivity contribution >= 4 is 28.7 Å². The minimum Gasteiger partial charge on any atom is -0.492 e. The van der Waals surface area contributed by atoms with Crippen molar-refractivity contribution in [1.29, 1.82) is 0 Å². The van der Waals surface area contributed by atoms with Crippen molar-refractivity contribution in [3.63, 3.8) is 0 Å². The third-order valence-electron chi connectivity index (χ3n) is 2.57. The molecule has 1 aromatic heterocycles. The second-order valence-electron chi connectivity index (χ2n) is 3.85. The number of oxazole rings is 1. The maximum absolute atomic E-state index is 11.7. The monoisotopic (exact) mass is 285 g/mol. The summed E-state index contributed by atoms with van der Waals surface area (Å²) in [6.07, 6.45) is -0.167. The van der Waals surface area contributed by atoms with Gasteiger partial charge in [-0.1, -0.05) is 11.6 Å². The maximum Gasteiger partial charge on any atom is 0.419 e. The van der Waals surface area contributed by atoms with Crippen LogP contribution in [0.2, 0.25) is 5.02 Å². The Morgan fingerprint density at radius 1 is 1.53 bits per heavy atom. The zero-order valence-corrected chi connectivity index (χ0v) is 10.9. The molecule has 0 radical (unpaired) electrons. The Labute approximate surface area is 113 Å². The molecule has 0 amide bonds. The third kappa shape index (κ3) is 2.73. The molecule has 2 rings (SSSR count). The smallest absolute Gasteiger partial charge is 0.419 e. The maximum atomic E-state index is 11.7. The fourth-order valence-corrected chi connectivity index (χ4v) is 1.96. The highest BCUT2D eigenvalue weighted by Gasteiger charge is 2.14. The second kappa shape index (κ2) is 5.36. The first-order valence-electron chi connectivity index (χ1n) is 5.70. The van der Waals surface area contributed by atoms with E-state index in [1.54, 1.807) is 0 Å². The average Bonchev–Trinajstić information content (AvgIpc) is 2.63. The molecule has 6 nitrogen and oxygen atoms in total. The predicted octanol–water partition coefficient (Wildman–Crippen LogP) is 2.12. The topological polar surface area (TPSA) is 81.7 Å². The number of carboxylic acid groups (broad SMARTS) is 1. The van der Waals surface area contributed by atoms with Crippen molar-refractivity contribution in [3.05, 3.63) is 27.7 Å². The zero-order valence-electron chi connectivity index (χ0n) is 10.2. The van der Waals surface area contributed by atoms with Gasteiger partial charge in [0.15, 0.2) is 5.58 Å². The number of hydrogen-bond acceptors (Lipinski definition) is 4. The van der Waals surface area contributed by atoms with Crippen LogP contribution in [0.4, 0.5) is 0 Å². The lowest BCUT2D eigenvalue weighted by Crippen LogP contribution is -2.16. The minimum atomic E-state index is -0.988. The van der Waals surface area contributed by atoms with Gasteiger partial charge in [0.05, 0.1) is 23.6 Å². The highest BCUT2D eigenvalue weighted by Crippen LogP contribution is 2.29. The Balaban J connectivity index is 2.48. The SMILES string of the molecule is CCOc1cc2oc(=O)n(CCC(=O)O)c2cc1Cl. The van der Waals surface area contributed by atoms with Crippen molar-refractivity contribution in [3.8, 4) is 5.75 Å². The van der Waals surface area contributed by atoms with Crippen LogP contribution in [0.15, 0.2) is 21.3 Å². The predicted molar refractivity (Wildman–Crippen MR) is 68.9 cm³/mol. The van der Waals surface area contributed by atoms with Crippen LogP contribution in [-0.4, -0.2) is 22.2 Å². The van der Waals surface area contributed by atoms with Gasteiger partial charge in [0, 0.05) is 12.6 Å². The molecule has 0 fully saturated rings. The van der Waals surface area contributed by atoms with Crippen molar-refractivity contribution in [2.45, 2.75) is 19.9 Å². The number of ether oxygens (including phenoxy) is 1. The number of nitrogens with zero attached hydrogens (tertiary/aromatic N) is 1. The van der Waals surface area contributed by atoms with Gasteiger partial charge in [0.2, 0.25) is 0 Å². The van der Waals surface area contributed by atoms with Crippen LogP contribution in [0.3, 0.4) is 0 Å². The highest BCUT2D eigenvalue weighted by atomic mass is 35.5. The van der Waals surface area contributed by atoms with E-state index in [9.17, 15) is 9.59 Å². The van der Waals surface area contributed by atoms with Gasteiger partial charge in [0.25, 0.3) is 0 Å². The first-order valence-corrected chi connectivity index (χ1v) is 6.08. The molecule has 0 saturated carbocycles. The summed E-state index contributed by atoms with van der Waals surface area (Å²) < 4.78 is 11.6. The summed E-state index contributed by atoms with van der Waals surface area (Å²) >= 11 is 6.03. The van der Waals surface area contributed by atoms with Gasteiger partial charge >= 0.3 is 11.7 Å². The van der Waals surface area contributed by atoms with Crippen LogP contribution < -0.4 is 10.5 Å². The largest absolute Gasteiger partial charge is 0.492 e. The normalized spacial score (nSPS) is 10.8. The molecule has 0 spiro atoms. The number of aliphatic carboxylic acids is 1. The van der Waals surface area contributed by atoms with E-state index in [1.165, 1.54) is 16.7 Å². The van der Waals surface area contributed by atoms with Gasteiger partial charge in [0.1, 0.15) is 5.75 Å². The number of carboxylic acids is 1. The molecule has 0 atom stereocenters. The lowest BCUT2D eigenvalue weighted by Gasteiger charge is -2.05. The van der Waals surface area contributed by atoms with Crippen molar-refractivity contribution < 1.29 is 19.1 Å². The lowest BCUT2D eigenvalue weighted by molar-refractivity contribution is -0.137. The molecule has 0 unspecified atom stereocenters. The summed E-state index contributed by atoms with van der Waals surface area (Å²) in [7, 11) is 0. The van der Waals surface area contributed by atoms with Gasteiger partial charge in [-0.2, -0.15) is 0 Å². The Hall–Kier alpha value is -1.95. The fourth-order valence-electron chi connectivity index (χ4n) is 1.75. The molecular weight excluding hydrogens is 274 g/mol. The van der Waals surface area contributed by atoms with Crippen molar-refractivity contribution in [2.24, 2.45) is 0 Å². The summed E-state index contributed by atoms with van der Waals surface area (Å²) in [5, 5.41) is 9.00. The Morgan fingerprint density at radius 3 is 2.89 bits per heavy atom. The van der Waals surface area contributed by atoms with Crippen LogP contribution in [-0.2, 0) is 11.3 Å². The molecule has 1 heterocycles. The molecule has 0 aliphatic rings. The fraction of sp³-hybridized carbons (Fsp3) is 0.333. The van der Waals surface area contributed by atoms with Gasteiger partial charge in [-0.25, -0.2) is 4.79 Å². The molecule has 2 aromatic rings. The van der Waals surface area contributed by atoms with E-state index in [0.29, 0.717) is 28.5 Å². The number of aromatic nitrogens is 1. The van der Waals surface area contributed by atoms with E-state index < -0.39 is 11.7 Å². The van der Waals surface area contributed by atoms with Gasteiger partial charge in [-0.05, 0) is 13.0 Å². The van der Waals surface area contributed by atoms with Crippen LogP contribution in [0, 0.1) is 0 Å². The number of fused-ring (bicyclic) bond motifs is 1. The second-order valence-corrected chi connectivity index (χ2v) is 4.25. The number of halogens is 1. The van der Waals surface area contributed by atoms with E-state index in [-0.39, 0.29) is 13.0 Å². The van der Waals surface area contributed by atoms with E-state index in [0.717, 1.165) is 0 Å². The minimum absolute atomic E-state index is 0.0332. The van der Waals surface area contributed by atoms with E-state index >= 15 is 0 Å².